The number of primary amides is 1. The van der Waals surface area contributed by atoms with Gasteiger partial charge < -0.3 is 20.6 Å². The predicted molar refractivity (Wildman–Crippen MR) is 138 cm³/mol. The summed E-state index contributed by atoms with van der Waals surface area (Å²) in [6.45, 7) is 3.25. The normalized spacial score (nSPS) is 11.1. The molecule has 12 nitrogen and oxygen atoms in total. The number of hydrogen-bond donors (Lipinski definition) is 4. The molecule has 0 aliphatic rings. The lowest BCUT2D eigenvalue weighted by Gasteiger charge is -2.08. The average molecular weight is 529 g/mol. The second kappa shape index (κ2) is 12.1. The molecule has 0 radical (unpaired) electrons. The fourth-order valence-electron chi connectivity index (χ4n) is 3.27. The first-order chi connectivity index (χ1) is 17.6. The number of ketones is 1. The highest BCUT2D eigenvalue weighted by atomic mass is 32.2. The topological polar surface area (TPSA) is 186 Å². The minimum atomic E-state index is -3.42. The van der Waals surface area contributed by atoms with E-state index in [9.17, 15) is 22.8 Å². The van der Waals surface area contributed by atoms with Gasteiger partial charge in [0.15, 0.2) is 0 Å². The number of aromatic amines is 1. The third-order valence-electron chi connectivity index (χ3n) is 5.23. The number of nitrogens with one attached hydrogen (secondary N) is 3. The van der Waals surface area contributed by atoms with Crippen LogP contribution < -0.4 is 15.8 Å². The summed E-state index contributed by atoms with van der Waals surface area (Å²) in [5.74, 6) is -0.725. The number of sulfonamides is 1. The first kappa shape index (κ1) is 27.3. The molecule has 0 saturated heterocycles. The number of H-pyrrole nitrogens is 1. The summed E-state index contributed by atoms with van der Waals surface area (Å²) < 4.78 is 31.1. The maximum Gasteiger partial charge on any atom is 0.339 e. The van der Waals surface area contributed by atoms with Crippen LogP contribution in [-0.4, -0.2) is 53.6 Å². The molecule has 0 aliphatic carbocycles. The van der Waals surface area contributed by atoms with Crippen molar-refractivity contribution in [2.24, 2.45) is 5.73 Å². The second-order valence-corrected chi connectivity index (χ2v) is 10.1. The lowest BCUT2D eigenvalue weighted by Crippen LogP contribution is -2.14. The number of amides is 1. The number of nitrogens with zero attached hydrogens (tertiary/aromatic N) is 2. The molecule has 5 N–H and O–H groups in total. The van der Waals surface area contributed by atoms with Gasteiger partial charge in [-0.3, -0.25) is 14.6 Å². The molecular formula is C24H28N6O6S. The molecule has 3 aromatic rings. The zero-order valence-corrected chi connectivity index (χ0v) is 21.2. The minimum Gasteiger partial charge on any atom is -0.462 e. The van der Waals surface area contributed by atoms with Crippen LogP contribution in [0.15, 0.2) is 42.6 Å². The number of ether oxygens (including phenoxy) is 1. The van der Waals surface area contributed by atoms with Gasteiger partial charge in [0.2, 0.25) is 10.0 Å². The number of unbranched alkanes of at least 4 members (excludes halogenated alkanes) is 1. The molecule has 13 heteroatoms. The Morgan fingerprint density at radius 2 is 1.81 bits per heavy atom. The molecule has 0 saturated carbocycles. The predicted octanol–water partition coefficient (Wildman–Crippen LogP) is 2.99. The van der Waals surface area contributed by atoms with Crippen molar-refractivity contribution in [3.8, 4) is 11.3 Å². The maximum absolute atomic E-state index is 12.2. The van der Waals surface area contributed by atoms with Crippen molar-refractivity contribution >= 4 is 45.0 Å². The average Bonchev–Trinajstić information content (AvgIpc) is 3.28. The van der Waals surface area contributed by atoms with Crippen molar-refractivity contribution in [2.45, 2.75) is 33.1 Å². The second-order valence-electron chi connectivity index (χ2n) is 8.12. The van der Waals surface area contributed by atoms with Crippen LogP contribution in [0.3, 0.4) is 0 Å². The number of rotatable bonds is 13. The van der Waals surface area contributed by atoms with E-state index in [4.69, 9.17) is 10.5 Å². The first-order valence-corrected chi connectivity index (χ1v) is 13.1. The minimum absolute atomic E-state index is 0.0621. The number of anilines is 3. The van der Waals surface area contributed by atoms with Crippen LogP contribution in [0.2, 0.25) is 0 Å². The zero-order chi connectivity index (χ0) is 27.0. The lowest BCUT2D eigenvalue weighted by molar-refractivity contribution is -0.117. The van der Waals surface area contributed by atoms with Gasteiger partial charge in [0.25, 0.3) is 5.91 Å². The highest BCUT2D eigenvalue weighted by molar-refractivity contribution is 7.92. The molecule has 0 unspecified atom stereocenters. The van der Waals surface area contributed by atoms with E-state index >= 15 is 0 Å². The number of nitrogens with two attached hydrogens (primary N) is 1. The molecule has 196 valence electrons. The van der Waals surface area contributed by atoms with Crippen molar-refractivity contribution in [3.63, 3.8) is 0 Å². The van der Waals surface area contributed by atoms with E-state index in [1.165, 1.54) is 32.2 Å². The van der Waals surface area contributed by atoms with E-state index in [1.54, 1.807) is 24.3 Å². The number of benzene rings is 1. The highest BCUT2D eigenvalue weighted by Crippen LogP contribution is 2.29. The van der Waals surface area contributed by atoms with Gasteiger partial charge in [-0.1, -0.05) is 12.1 Å². The Kier molecular flexibility index (Phi) is 8.95. The van der Waals surface area contributed by atoms with Crippen LogP contribution in [0.25, 0.3) is 11.3 Å². The van der Waals surface area contributed by atoms with Gasteiger partial charge in [-0.15, -0.1) is 0 Å². The number of carbonyl (C=O) groups is 3. The fourth-order valence-corrected chi connectivity index (χ4v) is 3.91. The monoisotopic (exact) mass is 528 g/mol. The van der Waals surface area contributed by atoms with Crippen LogP contribution >= 0.6 is 0 Å². The van der Waals surface area contributed by atoms with Crippen molar-refractivity contribution in [2.75, 3.05) is 22.4 Å². The van der Waals surface area contributed by atoms with E-state index in [0.29, 0.717) is 36.3 Å². The number of carbonyl (C=O) groups excluding carboxylic acids is 3. The molecule has 2 heterocycles. The quantitative estimate of drug-likeness (QED) is 0.191. The van der Waals surface area contributed by atoms with Gasteiger partial charge in [-0.2, -0.15) is 5.10 Å². The van der Waals surface area contributed by atoms with Crippen LogP contribution in [0.1, 0.15) is 53.8 Å². The molecule has 37 heavy (non-hydrogen) atoms. The molecule has 3 rings (SSSR count). The number of hydrogen-bond acceptors (Lipinski definition) is 9. The van der Waals surface area contributed by atoms with Crippen LogP contribution in [-0.2, 0) is 19.6 Å². The highest BCUT2D eigenvalue weighted by Gasteiger charge is 2.20. The molecule has 2 aromatic heterocycles. The summed E-state index contributed by atoms with van der Waals surface area (Å²) >= 11 is 0. The summed E-state index contributed by atoms with van der Waals surface area (Å²) in [6, 6.07) is 9.38. The van der Waals surface area contributed by atoms with Gasteiger partial charge in [0.1, 0.15) is 28.7 Å². The largest absolute Gasteiger partial charge is 0.462 e. The Morgan fingerprint density at radius 1 is 1.08 bits per heavy atom. The fraction of sp³-hybridized carbons (Fsp3) is 0.292. The van der Waals surface area contributed by atoms with E-state index in [0.717, 1.165) is 0 Å². The molecule has 0 atom stereocenters. The summed E-state index contributed by atoms with van der Waals surface area (Å²) in [6.07, 6.45) is 3.03. The van der Waals surface area contributed by atoms with Crippen molar-refractivity contribution in [1.82, 2.24) is 15.2 Å². The van der Waals surface area contributed by atoms with E-state index in [1.807, 2.05) is 0 Å². The van der Waals surface area contributed by atoms with Crippen LogP contribution in [0.4, 0.5) is 17.3 Å². The Bertz CT molecular complexity index is 1370. The van der Waals surface area contributed by atoms with Crippen molar-refractivity contribution in [1.29, 1.82) is 0 Å². The Hall–Kier alpha value is -4.26. The Morgan fingerprint density at radius 3 is 2.41 bits per heavy atom. The Balaban J connectivity index is 1.69. The van der Waals surface area contributed by atoms with E-state index in [2.05, 4.69) is 25.2 Å². The first-order valence-electron chi connectivity index (χ1n) is 11.5. The zero-order valence-electron chi connectivity index (χ0n) is 20.4. The molecular weight excluding hydrogens is 500 g/mol. The molecule has 1 aromatic carbocycles. The molecule has 0 fully saturated rings. The van der Waals surface area contributed by atoms with Gasteiger partial charge in [-0.05, 0) is 51.0 Å². The number of Topliss-reactive ketones (excluding diaryl/α,β-unsaturated/α-hetero) is 1. The molecule has 0 aliphatic heterocycles. The summed E-state index contributed by atoms with van der Waals surface area (Å²) in [7, 11) is -3.42. The summed E-state index contributed by atoms with van der Waals surface area (Å²) in [5, 5.41) is 9.83. The smallest absolute Gasteiger partial charge is 0.339 e. The number of aromatic nitrogens is 3. The third kappa shape index (κ3) is 7.61. The van der Waals surface area contributed by atoms with Crippen molar-refractivity contribution < 1.29 is 27.5 Å². The van der Waals surface area contributed by atoms with Crippen LogP contribution in [0.5, 0.6) is 0 Å². The van der Waals surface area contributed by atoms with Crippen molar-refractivity contribution in [3.05, 3.63) is 53.7 Å². The Labute approximate surface area is 214 Å². The van der Waals surface area contributed by atoms with Crippen LogP contribution in [0, 0.1) is 0 Å². The van der Waals surface area contributed by atoms with E-state index in [-0.39, 0.29) is 40.8 Å². The summed E-state index contributed by atoms with van der Waals surface area (Å²) in [4.78, 5) is 39.5. The SMILES string of the molecule is CCS(=O)(=O)Nc1ccc(-c2n[nH]c(Nc3ccc(C(=O)OCCCCC(C)=O)cn3)c2C(N)=O)cc1. The number of esters is 1. The standard InChI is InChI=1S/C24H28N6O6S/c1-3-37(34,35)30-18-10-7-16(8-11-18)21-20(22(25)32)23(29-28-21)27-19-12-9-17(14-26-19)24(33)36-13-5-4-6-15(2)31/h7-12,14,30H,3-6,13H2,1-2H3,(H2,25,32)(H2,26,27,28,29). The van der Waals surface area contributed by atoms with Gasteiger partial charge in [-0.25, -0.2) is 18.2 Å². The van der Waals surface area contributed by atoms with Gasteiger partial charge in [0, 0.05) is 23.9 Å². The lowest BCUT2D eigenvalue weighted by atomic mass is 10.1. The molecule has 0 spiro atoms. The maximum atomic E-state index is 12.2. The molecule has 0 bridgehead atoms. The number of pyridine rings is 1. The van der Waals surface area contributed by atoms with Gasteiger partial charge >= 0.3 is 5.97 Å². The van der Waals surface area contributed by atoms with Gasteiger partial charge in [0.05, 0.1) is 17.9 Å². The third-order valence-corrected chi connectivity index (χ3v) is 6.54. The molecule has 1 amide bonds. The summed E-state index contributed by atoms with van der Waals surface area (Å²) in [5.41, 5.74) is 7.10. The van der Waals surface area contributed by atoms with E-state index < -0.39 is 21.9 Å².